The average molecular weight is 222 g/mol. The minimum absolute atomic E-state index is 0.0787. The summed E-state index contributed by atoms with van der Waals surface area (Å²) in [7, 11) is 1.77. The lowest BCUT2D eigenvalue weighted by Gasteiger charge is -2.20. The zero-order valence-corrected chi connectivity index (χ0v) is 9.57. The van der Waals surface area contributed by atoms with Crippen molar-refractivity contribution in [1.29, 1.82) is 0 Å². The van der Waals surface area contributed by atoms with E-state index in [4.69, 9.17) is 5.73 Å². The Hall–Kier alpha value is -1.52. The first-order valence-corrected chi connectivity index (χ1v) is 5.77. The number of carbonyl (C=O) groups is 1. The van der Waals surface area contributed by atoms with Gasteiger partial charge >= 0.3 is 0 Å². The second-order valence-corrected chi connectivity index (χ2v) is 4.40. The number of aryl methyl sites for hydroxylation is 1. The summed E-state index contributed by atoms with van der Waals surface area (Å²) in [5.74, 6) is 0.827. The van der Waals surface area contributed by atoms with Gasteiger partial charge in [0.15, 0.2) is 5.82 Å². The highest BCUT2D eigenvalue weighted by Gasteiger charge is 2.22. The molecule has 1 saturated carbocycles. The van der Waals surface area contributed by atoms with E-state index in [9.17, 15) is 4.79 Å². The van der Waals surface area contributed by atoms with E-state index in [2.05, 4.69) is 10.4 Å². The van der Waals surface area contributed by atoms with Crippen LogP contribution in [0.5, 0.6) is 0 Å². The SMILES string of the molecule is Cn1ncc(N)c1NC(=O)C1CCCCC1. The molecule has 1 heterocycles. The van der Waals surface area contributed by atoms with E-state index in [1.54, 1.807) is 17.9 Å². The van der Waals surface area contributed by atoms with Crippen LogP contribution in [0, 0.1) is 5.92 Å². The maximum Gasteiger partial charge on any atom is 0.228 e. The molecule has 5 nitrogen and oxygen atoms in total. The fourth-order valence-corrected chi connectivity index (χ4v) is 2.19. The number of hydrogen-bond acceptors (Lipinski definition) is 3. The van der Waals surface area contributed by atoms with Gasteiger partial charge in [0.05, 0.1) is 11.9 Å². The Morgan fingerprint density at radius 2 is 2.19 bits per heavy atom. The third-order valence-corrected chi connectivity index (χ3v) is 3.18. The molecule has 1 aromatic rings. The normalized spacial score (nSPS) is 17.3. The molecular formula is C11H18N4O. The van der Waals surface area contributed by atoms with Gasteiger partial charge in [0, 0.05) is 13.0 Å². The third-order valence-electron chi connectivity index (χ3n) is 3.18. The van der Waals surface area contributed by atoms with Crippen molar-refractivity contribution in [2.75, 3.05) is 11.1 Å². The van der Waals surface area contributed by atoms with Gasteiger partial charge in [-0.2, -0.15) is 5.10 Å². The van der Waals surface area contributed by atoms with Gasteiger partial charge in [-0.15, -0.1) is 0 Å². The Balaban J connectivity index is 2.01. The monoisotopic (exact) mass is 222 g/mol. The Morgan fingerprint density at radius 1 is 1.50 bits per heavy atom. The van der Waals surface area contributed by atoms with Crippen molar-refractivity contribution in [1.82, 2.24) is 9.78 Å². The molecule has 1 aliphatic carbocycles. The summed E-state index contributed by atoms with van der Waals surface area (Å²) in [4.78, 5) is 12.0. The number of hydrogen-bond donors (Lipinski definition) is 2. The van der Waals surface area contributed by atoms with Gasteiger partial charge in [-0.3, -0.25) is 9.48 Å². The first kappa shape index (κ1) is 11.0. The van der Waals surface area contributed by atoms with Crippen LogP contribution in [0.25, 0.3) is 0 Å². The van der Waals surface area contributed by atoms with Gasteiger partial charge in [-0.05, 0) is 12.8 Å². The van der Waals surface area contributed by atoms with Gasteiger partial charge in [-0.25, -0.2) is 0 Å². The van der Waals surface area contributed by atoms with Gasteiger partial charge in [-0.1, -0.05) is 19.3 Å². The molecule has 1 aromatic heterocycles. The lowest BCUT2D eigenvalue weighted by Crippen LogP contribution is -2.26. The molecule has 0 saturated heterocycles. The number of nitrogens with two attached hydrogens (primary N) is 1. The van der Waals surface area contributed by atoms with Crippen LogP contribution in [-0.4, -0.2) is 15.7 Å². The molecule has 0 atom stereocenters. The van der Waals surface area contributed by atoms with Crippen LogP contribution in [0.1, 0.15) is 32.1 Å². The fraction of sp³-hybridized carbons (Fsp3) is 0.636. The van der Waals surface area contributed by atoms with E-state index >= 15 is 0 Å². The van der Waals surface area contributed by atoms with E-state index in [0.29, 0.717) is 11.5 Å². The van der Waals surface area contributed by atoms with Gasteiger partial charge < -0.3 is 11.1 Å². The highest BCUT2D eigenvalue weighted by molar-refractivity contribution is 5.94. The summed E-state index contributed by atoms with van der Waals surface area (Å²) in [5.41, 5.74) is 6.24. The Labute approximate surface area is 95.0 Å². The average Bonchev–Trinajstić information content (AvgIpc) is 2.62. The number of carbonyl (C=O) groups excluding carboxylic acids is 1. The zero-order chi connectivity index (χ0) is 11.5. The van der Waals surface area contributed by atoms with Crippen molar-refractivity contribution in [2.24, 2.45) is 13.0 Å². The predicted molar refractivity (Wildman–Crippen MR) is 62.8 cm³/mol. The van der Waals surface area contributed by atoms with Crippen molar-refractivity contribution >= 4 is 17.4 Å². The summed E-state index contributed by atoms with van der Waals surface area (Å²) >= 11 is 0. The fourth-order valence-electron chi connectivity index (χ4n) is 2.19. The molecule has 0 aliphatic heterocycles. The molecule has 1 fully saturated rings. The molecule has 2 rings (SSSR count). The number of anilines is 2. The topological polar surface area (TPSA) is 72.9 Å². The number of nitrogens with zero attached hydrogens (tertiary/aromatic N) is 2. The highest BCUT2D eigenvalue weighted by Crippen LogP contribution is 2.25. The van der Waals surface area contributed by atoms with Crippen molar-refractivity contribution in [3.05, 3.63) is 6.20 Å². The summed E-state index contributed by atoms with van der Waals surface area (Å²) in [6, 6.07) is 0. The molecule has 5 heteroatoms. The summed E-state index contributed by atoms with van der Waals surface area (Å²) < 4.78 is 1.59. The minimum atomic E-state index is 0.0787. The first-order chi connectivity index (χ1) is 7.68. The van der Waals surface area contributed by atoms with Gasteiger partial charge in [0.1, 0.15) is 0 Å². The van der Waals surface area contributed by atoms with Gasteiger partial charge in [0.2, 0.25) is 5.91 Å². The lowest BCUT2D eigenvalue weighted by molar-refractivity contribution is -0.120. The maximum atomic E-state index is 12.0. The quantitative estimate of drug-likeness (QED) is 0.796. The van der Waals surface area contributed by atoms with Crippen LogP contribution in [0.3, 0.4) is 0 Å². The van der Waals surface area contributed by atoms with E-state index in [1.807, 2.05) is 0 Å². The van der Waals surface area contributed by atoms with E-state index in [0.717, 1.165) is 25.7 Å². The van der Waals surface area contributed by atoms with Gasteiger partial charge in [0.25, 0.3) is 0 Å². The molecule has 0 radical (unpaired) electrons. The summed E-state index contributed by atoms with van der Waals surface area (Å²) in [6.45, 7) is 0. The van der Waals surface area contributed by atoms with E-state index in [1.165, 1.54) is 6.42 Å². The lowest BCUT2D eigenvalue weighted by atomic mass is 9.89. The number of nitrogens with one attached hydrogen (secondary N) is 1. The number of nitrogen functional groups attached to an aromatic ring is 1. The Bertz CT molecular complexity index is 360. The number of rotatable bonds is 2. The molecule has 88 valence electrons. The highest BCUT2D eigenvalue weighted by atomic mass is 16.2. The van der Waals surface area contributed by atoms with E-state index < -0.39 is 0 Å². The number of amides is 1. The molecule has 3 N–H and O–H groups in total. The molecule has 0 spiro atoms. The molecule has 16 heavy (non-hydrogen) atoms. The predicted octanol–water partition coefficient (Wildman–Crippen LogP) is 1.52. The van der Waals surface area contributed by atoms with Crippen LogP contribution in [-0.2, 0) is 11.8 Å². The summed E-state index contributed by atoms with van der Waals surface area (Å²) in [5, 5.41) is 6.86. The van der Waals surface area contributed by atoms with Crippen molar-refractivity contribution in [3.63, 3.8) is 0 Å². The third kappa shape index (κ3) is 2.18. The standard InChI is InChI=1S/C11H18N4O/c1-15-10(9(12)7-13-15)14-11(16)8-5-3-2-4-6-8/h7-8H,2-6,12H2,1H3,(H,14,16). The van der Waals surface area contributed by atoms with E-state index in [-0.39, 0.29) is 11.8 Å². The zero-order valence-electron chi connectivity index (χ0n) is 9.57. The Kier molecular flexibility index (Phi) is 3.12. The van der Waals surface area contributed by atoms with Crippen molar-refractivity contribution < 1.29 is 4.79 Å². The largest absolute Gasteiger partial charge is 0.394 e. The Morgan fingerprint density at radius 3 is 2.75 bits per heavy atom. The molecule has 1 amide bonds. The summed E-state index contributed by atoms with van der Waals surface area (Å²) in [6.07, 6.45) is 7.08. The second kappa shape index (κ2) is 4.55. The number of aromatic nitrogens is 2. The van der Waals surface area contributed by atoms with Crippen molar-refractivity contribution in [2.45, 2.75) is 32.1 Å². The van der Waals surface area contributed by atoms with Crippen LogP contribution < -0.4 is 11.1 Å². The minimum Gasteiger partial charge on any atom is -0.394 e. The van der Waals surface area contributed by atoms with Crippen LogP contribution in [0.4, 0.5) is 11.5 Å². The molecule has 0 unspecified atom stereocenters. The second-order valence-electron chi connectivity index (χ2n) is 4.40. The van der Waals surface area contributed by atoms with Crippen LogP contribution >= 0.6 is 0 Å². The molecule has 0 aromatic carbocycles. The van der Waals surface area contributed by atoms with Crippen LogP contribution in [0.15, 0.2) is 6.20 Å². The van der Waals surface area contributed by atoms with Crippen molar-refractivity contribution in [3.8, 4) is 0 Å². The molecule has 1 aliphatic rings. The van der Waals surface area contributed by atoms with Crippen LogP contribution in [0.2, 0.25) is 0 Å². The molecular weight excluding hydrogens is 204 g/mol. The smallest absolute Gasteiger partial charge is 0.228 e. The maximum absolute atomic E-state index is 12.0. The molecule has 0 bridgehead atoms. The first-order valence-electron chi connectivity index (χ1n) is 5.77.